The minimum Gasteiger partial charge on any atom is -0.488 e. The van der Waals surface area contributed by atoms with Gasteiger partial charge in [-0.05, 0) is 32.0 Å². The van der Waals surface area contributed by atoms with Crippen LogP contribution in [0, 0.1) is 0 Å². The molecule has 1 unspecified atom stereocenters. The zero-order valence-corrected chi connectivity index (χ0v) is 14.2. The Hall–Kier alpha value is -2.12. The number of rotatable bonds is 3. The van der Waals surface area contributed by atoms with Crippen LogP contribution in [0.1, 0.15) is 24.6 Å². The maximum absolute atomic E-state index is 12.7. The molecule has 3 aromatic heterocycles. The van der Waals surface area contributed by atoms with Crippen molar-refractivity contribution in [3.05, 3.63) is 34.0 Å². The maximum atomic E-state index is 12.7. The van der Waals surface area contributed by atoms with Crippen LogP contribution in [-0.4, -0.2) is 39.3 Å². The van der Waals surface area contributed by atoms with Crippen molar-refractivity contribution >= 4 is 21.4 Å². The molecule has 2 N–H and O–H groups in total. The Balaban J connectivity index is 1.76. The average Bonchev–Trinajstić information content (AvgIpc) is 3.15. The highest BCUT2D eigenvalue weighted by molar-refractivity contribution is 7.22. The summed E-state index contributed by atoms with van der Waals surface area (Å²) in [5.74, 6) is 0.848. The first kappa shape index (κ1) is 14.2. The van der Waals surface area contributed by atoms with Crippen molar-refractivity contribution in [3.63, 3.8) is 0 Å². The van der Waals surface area contributed by atoms with Gasteiger partial charge in [0.15, 0.2) is 0 Å². The summed E-state index contributed by atoms with van der Waals surface area (Å²) in [4.78, 5) is 19.2. The molecule has 7 heteroatoms. The van der Waals surface area contributed by atoms with Crippen LogP contribution in [0.5, 0.6) is 5.75 Å². The second kappa shape index (κ2) is 5.19. The molecule has 0 saturated carbocycles. The van der Waals surface area contributed by atoms with E-state index in [0.717, 1.165) is 58.0 Å². The van der Waals surface area contributed by atoms with Gasteiger partial charge in [-0.25, -0.2) is 0 Å². The molecule has 0 radical (unpaired) electrons. The number of ether oxygens (including phenoxy) is 1. The third-order valence-electron chi connectivity index (χ3n) is 4.90. The summed E-state index contributed by atoms with van der Waals surface area (Å²) < 4.78 is 6.92. The highest BCUT2D eigenvalue weighted by Gasteiger charge is 2.30. The highest BCUT2D eigenvalue weighted by Crippen LogP contribution is 2.47. The number of hydrogen-bond acceptors (Lipinski definition) is 5. The number of nitrogens with zero attached hydrogens (tertiary/aromatic N) is 2. The van der Waals surface area contributed by atoms with Gasteiger partial charge in [0.2, 0.25) is 0 Å². The third-order valence-corrected chi connectivity index (χ3v) is 6.12. The van der Waals surface area contributed by atoms with Crippen LogP contribution in [0.25, 0.3) is 20.5 Å². The molecule has 1 atom stereocenters. The molecule has 2 aliphatic rings. The second-order valence-corrected chi connectivity index (χ2v) is 7.65. The molecule has 0 spiro atoms. The van der Waals surface area contributed by atoms with E-state index in [1.165, 1.54) is 23.3 Å². The lowest BCUT2D eigenvalue weighted by atomic mass is 9.98. The minimum absolute atomic E-state index is 0.0107. The Kier molecular flexibility index (Phi) is 3.08. The zero-order chi connectivity index (χ0) is 16.3. The van der Waals surface area contributed by atoms with Gasteiger partial charge < -0.3 is 9.72 Å². The van der Waals surface area contributed by atoms with Crippen LogP contribution < -0.4 is 10.3 Å². The normalized spacial score (nSPS) is 20.1. The van der Waals surface area contributed by atoms with Gasteiger partial charge in [0.1, 0.15) is 16.6 Å². The number of nitrogens with one attached hydrogen (secondary N) is 2. The van der Waals surface area contributed by atoms with Crippen molar-refractivity contribution in [3.8, 4) is 16.2 Å². The lowest BCUT2D eigenvalue weighted by Crippen LogP contribution is -2.37. The first-order valence-electron chi connectivity index (χ1n) is 8.29. The standard InChI is InChI=1S/C17H18N4O2S/c1-9-5-11-12(8-21-3-2-4-21)20-17(22)16-13(11)14(23-9)15(24-16)10-6-18-19-7-10/h6-7,9H,2-5,8H2,1H3,(H,18,19)(H,20,22). The molecule has 6 nitrogen and oxygen atoms in total. The summed E-state index contributed by atoms with van der Waals surface area (Å²) in [6.45, 7) is 5.14. The number of aromatic nitrogens is 3. The lowest BCUT2D eigenvalue weighted by molar-refractivity contribution is 0.168. The topological polar surface area (TPSA) is 74.0 Å². The predicted octanol–water partition coefficient (Wildman–Crippen LogP) is 2.51. The Morgan fingerprint density at radius 3 is 3.04 bits per heavy atom. The molecule has 0 aliphatic carbocycles. The van der Waals surface area contributed by atoms with Crippen LogP contribution in [0.3, 0.4) is 0 Å². The first-order valence-corrected chi connectivity index (χ1v) is 9.11. The molecular weight excluding hydrogens is 324 g/mol. The summed E-state index contributed by atoms with van der Waals surface area (Å²) in [5.41, 5.74) is 3.26. The van der Waals surface area contributed by atoms with E-state index in [4.69, 9.17) is 4.74 Å². The first-order chi connectivity index (χ1) is 11.7. The van der Waals surface area contributed by atoms with Crippen LogP contribution in [0.15, 0.2) is 17.2 Å². The summed E-state index contributed by atoms with van der Waals surface area (Å²) in [6, 6.07) is 0. The minimum atomic E-state index is -0.0107. The van der Waals surface area contributed by atoms with Crippen molar-refractivity contribution in [2.45, 2.75) is 32.4 Å². The Morgan fingerprint density at radius 2 is 2.33 bits per heavy atom. The lowest BCUT2D eigenvalue weighted by Gasteiger charge is -2.32. The van der Waals surface area contributed by atoms with Gasteiger partial charge in [-0.1, -0.05) is 0 Å². The Morgan fingerprint density at radius 1 is 1.46 bits per heavy atom. The molecule has 3 aromatic rings. The van der Waals surface area contributed by atoms with Crippen molar-refractivity contribution in [2.75, 3.05) is 13.1 Å². The maximum Gasteiger partial charge on any atom is 0.266 e. The van der Waals surface area contributed by atoms with Crippen LogP contribution in [0.2, 0.25) is 0 Å². The molecule has 1 fully saturated rings. The number of thiophene rings is 1. The number of aromatic amines is 2. The molecule has 0 amide bonds. The molecule has 0 aromatic carbocycles. The van der Waals surface area contributed by atoms with E-state index >= 15 is 0 Å². The largest absolute Gasteiger partial charge is 0.488 e. The van der Waals surface area contributed by atoms with Gasteiger partial charge in [-0.2, -0.15) is 5.10 Å². The molecule has 0 bridgehead atoms. The number of hydrogen-bond donors (Lipinski definition) is 2. The fourth-order valence-electron chi connectivity index (χ4n) is 3.60. The molecule has 124 valence electrons. The van der Waals surface area contributed by atoms with Crippen molar-refractivity contribution in [2.24, 2.45) is 0 Å². The summed E-state index contributed by atoms with van der Waals surface area (Å²) in [6.07, 6.45) is 5.81. The second-order valence-electron chi connectivity index (χ2n) is 6.62. The molecule has 2 aliphatic heterocycles. The van der Waals surface area contributed by atoms with Crippen molar-refractivity contribution in [1.29, 1.82) is 0 Å². The monoisotopic (exact) mass is 342 g/mol. The fourth-order valence-corrected chi connectivity index (χ4v) is 4.74. The average molecular weight is 342 g/mol. The van der Waals surface area contributed by atoms with Gasteiger partial charge in [0.25, 0.3) is 5.56 Å². The number of pyridine rings is 1. The van der Waals surface area contributed by atoms with Gasteiger partial charge in [-0.3, -0.25) is 14.8 Å². The van der Waals surface area contributed by atoms with E-state index in [-0.39, 0.29) is 11.7 Å². The number of H-pyrrole nitrogens is 2. The Bertz CT molecular complexity index is 969. The SMILES string of the molecule is CC1Cc2c(CN3CCC3)[nH]c(=O)c3sc(-c4cn[nH]c4)c(c23)O1. The van der Waals surface area contributed by atoms with Gasteiger partial charge in [0.05, 0.1) is 11.1 Å². The molecule has 5 heterocycles. The van der Waals surface area contributed by atoms with Gasteiger partial charge in [-0.15, -0.1) is 11.3 Å². The van der Waals surface area contributed by atoms with E-state index in [9.17, 15) is 4.79 Å². The summed E-state index contributed by atoms with van der Waals surface area (Å²) in [5, 5.41) is 7.89. The third kappa shape index (κ3) is 2.04. The number of likely N-dealkylation sites (tertiary alicyclic amines) is 1. The quantitative estimate of drug-likeness (QED) is 0.767. The van der Waals surface area contributed by atoms with Crippen molar-refractivity contribution in [1.82, 2.24) is 20.1 Å². The summed E-state index contributed by atoms with van der Waals surface area (Å²) in [7, 11) is 0. The van der Waals surface area contributed by atoms with E-state index in [1.54, 1.807) is 6.20 Å². The van der Waals surface area contributed by atoms with E-state index < -0.39 is 0 Å². The van der Waals surface area contributed by atoms with E-state index in [1.807, 2.05) is 6.20 Å². The van der Waals surface area contributed by atoms with E-state index in [0.29, 0.717) is 0 Å². The van der Waals surface area contributed by atoms with Crippen molar-refractivity contribution < 1.29 is 4.74 Å². The fraction of sp³-hybridized carbons (Fsp3) is 0.412. The smallest absolute Gasteiger partial charge is 0.266 e. The van der Waals surface area contributed by atoms with Gasteiger partial charge in [0, 0.05) is 35.8 Å². The van der Waals surface area contributed by atoms with Crippen LogP contribution >= 0.6 is 11.3 Å². The molecule has 24 heavy (non-hydrogen) atoms. The summed E-state index contributed by atoms with van der Waals surface area (Å²) >= 11 is 1.49. The Labute approximate surface area is 142 Å². The molecule has 5 rings (SSSR count). The van der Waals surface area contributed by atoms with E-state index in [2.05, 4.69) is 27.0 Å². The van der Waals surface area contributed by atoms with Gasteiger partial charge >= 0.3 is 0 Å². The zero-order valence-electron chi connectivity index (χ0n) is 13.4. The van der Waals surface area contributed by atoms with Crippen LogP contribution in [0.4, 0.5) is 0 Å². The molecular formula is C17H18N4O2S. The molecule has 1 saturated heterocycles. The predicted molar refractivity (Wildman–Crippen MR) is 93.7 cm³/mol. The highest BCUT2D eigenvalue weighted by atomic mass is 32.1. The van der Waals surface area contributed by atoms with Crippen LogP contribution in [-0.2, 0) is 13.0 Å².